The number of sulfonamides is 1. The maximum absolute atomic E-state index is 13.2. The fourth-order valence-corrected chi connectivity index (χ4v) is 5.03. The van der Waals surface area contributed by atoms with Gasteiger partial charge in [0.05, 0.1) is 23.1 Å². The molecule has 0 aliphatic carbocycles. The summed E-state index contributed by atoms with van der Waals surface area (Å²) in [6.45, 7) is 3.64. The highest BCUT2D eigenvalue weighted by molar-refractivity contribution is 7.89. The summed E-state index contributed by atoms with van der Waals surface area (Å²) in [5, 5.41) is 11.2. The zero-order valence-electron chi connectivity index (χ0n) is 22.0. The van der Waals surface area contributed by atoms with Crippen LogP contribution in [-0.2, 0) is 19.6 Å². The first-order valence-corrected chi connectivity index (χ1v) is 13.6. The van der Waals surface area contributed by atoms with Gasteiger partial charge in [0.1, 0.15) is 11.5 Å². The Balaban J connectivity index is 2.05. The summed E-state index contributed by atoms with van der Waals surface area (Å²) in [4.78, 5) is 29.8. The van der Waals surface area contributed by atoms with Crippen LogP contribution in [0.15, 0.2) is 59.0 Å². The van der Waals surface area contributed by atoms with Crippen molar-refractivity contribution in [2.45, 2.75) is 30.7 Å². The van der Waals surface area contributed by atoms with Gasteiger partial charge in [0.2, 0.25) is 10.0 Å². The molecule has 10 heteroatoms. The monoisotopic (exact) mass is 529 g/mol. The molecule has 37 heavy (non-hydrogen) atoms. The van der Waals surface area contributed by atoms with E-state index >= 15 is 0 Å². The molecule has 2 aromatic rings. The van der Waals surface area contributed by atoms with Crippen molar-refractivity contribution >= 4 is 27.5 Å². The number of Topliss-reactive ketones (excluding diaryl/α,β-unsaturated/α-hetero) is 1. The van der Waals surface area contributed by atoms with Gasteiger partial charge in [0.25, 0.3) is 11.7 Å². The molecule has 1 amide bonds. The van der Waals surface area contributed by atoms with Crippen molar-refractivity contribution < 1.29 is 27.9 Å². The van der Waals surface area contributed by atoms with Crippen LogP contribution in [0.3, 0.4) is 0 Å². The molecular weight excluding hydrogens is 494 g/mol. The number of aliphatic hydroxyl groups is 1. The Kier molecular flexibility index (Phi) is 9.12. The van der Waals surface area contributed by atoms with Crippen LogP contribution in [0.1, 0.15) is 36.9 Å². The van der Waals surface area contributed by atoms with Gasteiger partial charge < -0.3 is 19.6 Å². The van der Waals surface area contributed by atoms with E-state index in [1.807, 2.05) is 25.9 Å². The number of hydrogen-bond acceptors (Lipinski definition) is 7. The van der Waals surface area contributed by atoms with Crippen LogP contribution < -0.4 is 4.74 Å². The van der Waals surface area contributed by atoms with Gasteiger partial charge in [-0.15, -0.1) is 0 Å². The molecule has 1 N–H and O–H groups in total. The molecule has 0 spiro atoms. The maximum Gasteiger partial charge on any atom is 0.295 e. The standard InChI is InChI=1S/C27H35N3O6S/c1-6-18-36-21-12-8-19(9-13-21)24-23(26(32)27(33)30(24)17-7-16-28(2)3)25(31)20-10-14-22(15-11-20)37(34,35)29(4)5/h8-15,24,31H,6-7,16-18H2,1-5H3/b25-23+/t24-/m0/s1. The van der Waals surface area contributed by atoms with Crippen LogP contribution in [0, 0.1) is 0 Å². The number of benzene rings is 2. The molecule has 9 nitrogen and oxygen atoms in total. The number of ketones is 1. The lowest BCUT2D eigenvalue weighted by Crippen LogP contribution is -2.32. The van der Waals surface area contributed by atoms with Crippen molar-refractivity contribution in [2.24, 2.45) is 0 Å². The largest absolute Gasteiger partial charge is 0.507 e. The van der Waals surface area contributed by atoms with Crippen LogP contribution in [0.2, 0.25) is 0 Å². The fourth-order valence-electron chi connectivity index (χ4n) is 4.13. The molecule has 200 valence electrons. The van der Waals surface area contributed by atoms with E-state index in [1.54, 1.807) is 24.3 Å². The summed E-state index contributed by atoms with van der Waals surface area (Å²) in [6, 6.07) is 12.0. The summed E-state index contributed by atoms with van der Waals surface area (Å²) in [6.07, 6.45) is 1.51. The van der Waals surface area contributed by atoms with Crippen LogP contribution in [0.25, 0.3) is 5.76 Å². The number of hydrogen-bond donors (Lipinski definition) is 1. The van der Waals surface area contributed by atoms with Gasteiger partial charge in [-0.2, -0.15) is 0 Å². The van der Waals surface area contributed by atoms with E-state index in [-0.39, 0.29) is 21.8 Å². The number of carbonyl (C=O) groups excluding carboxylic acids is 2. The topological polar surface area (TPSA) is 107 Å². The van der Waals surface area contributed by atoms with Crippen LogP contribution in [0.4, 0.5) is 0 Å². The predicted octanol–water partition coefficient (Wildman–Crippen LogP) is 3.10. The third-order valence-electron chi connectivity index (χ3n) is 6.12. The number of nitrogens with zero attached hydrogens (tertiary/aromatic N) is 3. The molecule has 0 bridgehead atoms. The molecule has 1 fully saturated rings. The van der Waals surface area contributed by atoms with E-state index in [9.17, 15) is 23.1 Å². The van der Waals surface area contributed by atoms with Gasteiger partial charge in [0.15, 0.2) is 0 Å². The lowest BCUT2D eigenvalue weighted by atomic mass is 9.95. The minimum absolute atomic E-state index is 0.0275. The van der Waals surface area contributed by atoms with E-state index in [1.165, 1.54) is 43.3 Å². The number of aliphatic hydroxyl groups excluding tert-OH is 1. The normalized spacial score (nSPS) is 17.7. The molecular formula is C27H35N3O6S. The number of carbonyl (C=O) groups is 2. The SMILES string of the molecule is CCCOc1ccc([C@H]2/C(=C(\O)c3ccc(S(=O)(=O)N(C)C)cc3)C(=O)C(=O)N2CCCN(C)C)cc1. The van der Waals surface area contributed by atoms with Gasteiger partial charge in [0, 0.05) is 26.2 Å². The highest BCUT2D eigenvalue weighted by Gasteiger charge is 2.45. The average Bonchev–Trinajstić information content (AvgIpc) is 3.12. The Bertz CT molecular complexity index is 1250. The second-order valence-electron chi connectivity index (χ2n) is 9.38. The molecule has 3 rings (SSSR count). The van der Waals surface area contributed by atoms with Crippen molar-refractivity contribution in [1.82, 2.24) is 14.1 Å². The first-order valence-electron chi connectivity index (χ1n) is 12.2. The summed E-state index contributed by atoms with van der Waals surface area (Å²) in [7, 11) is 3.06. The zero-order chi connectivity index (χ0) is 27.3. The second-order valence-corrected chi connectivity index (χ2v) is 11.5. The molecule has 1 heterocycles. The Hall–Kier alpha value is -3.21. The third kappa shape index (κ3) is 6.20. The third-order valence-corrected chi connectivity index (χ3v) is 7.95. The molecule has 1 aliphatic heterocycles. The van der Waals surface area contributed by atoms with E-state index in [0.29, 0.717) is 30.9 Å². The van der Waals surface area contributed by atoms with Gasteiger partial charge in [-0.25, -0.2) is 12.7 Å². The van der Waals surface area contributed by atoms with Crippen molar-refractivity contribution in [3.05, 3.63) is 65.2 Å². The summed E-state index contributed by atoms with van der Waals surface area (Å²) >= 11 is 0. The maximum atomic E-state index is 13.2. The highest BCUT2D eigenvalue weighted by atomic mass is 32.2. The molecule has 0 radical (unpaired) electrons. The van der Waals surface area contributed by atoms with E-state index in [2.05, 4.69) is 0 Å². The molecule has 0 aromatic heterocycles. The van der Waals surface area contributed by atoms with Crippen LogP contribution in [0.5, 0.6) is 5.75 Å². The molecule has 1 atom stereocenters. The summed E-state index contributed by atoms with van der Waals surface area (Å²) in [5.41, 5.74) is 0.887. The fraction of sp³-hybridized carbons (Fsp3) is 0.407. The van der Waals surface area contributed by atoms with Crippen molar-refractivity contribution in [3.63, 3.8) is 0 Å². The van der Waals surface area contributed by atoms with Gasteiger partial charge in [-0.1, -0.05) is 19.1 Å². The average molecular weight is 530 g/mol. The van der Waals surface area contributed by atoms with Crippen LogP contribution >= 0.6 is 0 Å². The van der Waals surface area contributed by atoms with Gasteiger partial charge in [-0.05, 0) is 75.4 Å². The van der Waals surface area contributed by atoms with Gasteiger partial charge >= 0.3 is 0 Å². The van der Waals surface area contributed by atoms with E-state index in [0.717, 1.165) is 17.3 Å². The molecule has 2 aromatic carbocycles. The Morgan fingerprint density at radius 2 is 1.62 bits per heavy atom. The first kappa shape index (κ1) is 28.4. The van der Waals surface area contributed by atoms with E-state index < -0.39 is 27.8 Å². The Morgan fingerprint density at radius 3 is 2.16 bits per heavy atom. The molecule has 0 saturated carbocycles. The number of rotatable bonds is 11. The zero-order valence-corrected chi connectivity index (χ0v) is 22.8. The Morgan fingerprint density at radius 1 is 1.00 bits per heavy atom. The molecule has 0 unspecified atom stereocenters. The molecule has 1 saturated heterocycles. The van der Waals surface area contributed by atoms with Gasteiger partial charge in [-0.3, -0.25) is 9.59 Å². The number of likely N-dealkylation sites (tertiary alicyclic amines) is 1. The van der Waals surface area contributed by atoms with E-state index in [4.69, 9.17) is 4.74 Å². The molecule has 1 aliphatic rings. The first-order chi connectivity index (χ1) is 17.5. The number of ether oxygens (including phenoxy) is 1. The van der Waals surface area contributed by atoms with Crippen molar-refractivity contribution in [3.8, 4) is 5.75 Å². The minimum atomic E-state index is -3.66. The second kappa shape index (κ2) is 11.9. The summed E-state index contributed by atoms with van der Waals surface area (Å²) < 4.78 is 31.6. The lowest BCUT2D eigenvalue weighted by Gasteiger charge is -2.26. The number of amides is 1. The highest BCUT2D eigenvalue weighted by Crippen LogP contribution is 2.40. The Labute approximate surface area is 219 Å². The minimum Gasteiger partial charge on any atom is -0.507 e. The van der Waals surface area contributed by atoms with Crippen molar-refractivity contribution in [1.29, 1.82) is 0 Å². The smallest absolute Gasteiger partial charge is 0.295 e. The van der Waals surface area contributed by atoms with Crippen LogP contribution in [-0.4, -0.2) is 87.2 Å². The summed E-state index contributed by atoms with van der Waals surface area (Å²) in [5.74, 6) is -1.13. The quantitative estimate of drug-likeness (QED) is 0.271. The lowest BCUT2D eigenvalue weighted by molar-refractivity contribution is -0.139. The van der Waals surface area contributed by atoms with Crippen molar-refractivity contribution in [2.75, 3.05) is 47.9 Å². The predicted molar refractivity (Wildman–Crippen MR) is 142 cm³/mol.